The van der Waals surface area contributed by atoms with Crippen LogP contribution in [-0.4, -0.2) is 31.8 Å². The maximum Gasteiger partial charge on any atom is 0.251 e. The highest BCUT2D eigenvalue weighted by Gasteiger charge is 2.24. The van der Waals surface area contributed by atoms with Crippen LogP contribution in [0.2, 0.25) is 0 Å². The van der Waals surface area contributed by atoms with E-state index in [9.17, 15) is 22.4 Å². The number of anilines is 1. The second kappa shape index (κ2) is 10.5. The molecule has 1 aromatic heterocycles. The van der Waals surface area contributed by atoms with E-state index in [1.165, 1.54) is 59.9 Å². The number of sulfonamides is 1. The van der Waals surface area contributed by atoms with Crippen LogP contribution in [0.5, 0.6) is 0 Å². The van der Waals surface area contributed by atoms with Crippen molar-refractivity contribution in [1.82, 2.24) is 10.0 Å². The molecule has 10 heteroatoms. The fourth-order valence-corrected chi connectivity index (χ4v) is 5.26. The van der Waals surface area contributed by atoms with E-state index in [2.05, 4.69) is 15.4 Å². The molecule has 2 aromatic carbocycles. The predicted molar refractivity (Wildman–Crippen MR) is 131 cm³/mol. The summed E-state index contributed by atoms with van der Waals surface area (Å²) in [5.74, 6) is -1.44. The second-order valence-corrected chi connectivity index (χ2v) is 11.4. The van der Waals surface area contributed by atoms with Gasteiger partial charge in [0.15, 0.2) is 0 Å². The Hall–Kier alpha value is -3.08. The van der Waals surface area contributed by atoms with E-state index >= 15 is 0 Å². The number of thiophene rings is 1. The van der Waals surface area contributed by atoms with Gasteiger partial charge in [0.05, 0.1) is 4.90 Å². The molecule has 0 spiro atoms. The summed E-state index contributed by atoms with van der Waals surface area (Å²) < 4.78 is 40.7. The van der Waals surface area contributed by atoms with Crippen molar-refractivity contribution in [2.24, 2.45) is 0 Å². The molecule has 7 nitrogen and oxygen atoms in total. The summed E-state index contributed by atoms with van der Waals surface area (Å²) >= 11 is 1.45. The van der Waals surface area contributed by atoms with Crippen molar-refractivity contribution in [3.8, 4) is 0 Å². The van der Waals surface area contributed by atoms with Gasteiger partial charge in [0.1, 0.15) is 11.9 Å². The minimum absolute atomic E-state index is 0.0696. The van der Waals surface area contributed by atoms with E-state index < -0.39 is 39.2 Å². The zero-order chi connectivity index (χ0) is 24.9. The molecule has 3 N–H and O–H groups in total. The summed E-state index contributed by atoms with van der Waals surface area (Å²) in [5.41, 5.74) is -0.0260. The van der Waals surface area contributed by atoms with Crippen LogP contribution in [-0.2, 0) is 21.2 Å². The molecule has 180 valence electrons. The number of rotatable bonds is 8. The quantitative estimate of drug-likeness (QED) is 0.433. The topological polar surface area (TPSA) is 104 Å². The molecule has 0 aliphatic carbocycles. The number of carbonyl (C=O) groups excluding carboxylic acids is 2. The minimum Gasteiger partial charge on any atom is -0.340 e. The van der Waals surface area contributed by atoms with Crippen LogP contribution < -0.4 is 15.4 Å². The Labute approximate surface area is 202 Å². The van der Waals surface area contributed by atoms with Gasteiger partial charge >= 0.3 is 0 Å². The molecule has 0 bridgehead atoms. The number of halogens is 1. The first-order valence-corrected chi connectivity index (χ1v) is 12.8. The van der Waals surface area contributed by atoms with Crippen molar-refractivity contribution in [2.45, 2.75) is 43.7 Å². The normalized spacial score (nSPS) is 12.7. The first kappa shape index (κ1) is 25.5. The van der Waals surface area contributed by atoms with Crippen LogP contribution in [0.4, 0.5) is 10.1 Å². The van der Waals surface area contributed by atoms with Crippen molar-refractivity contribution in [3.05, 3.63) is 82.3 Å². The predicted octanol–water partition coefficient (Wildman–Crippen LogP) is 3.94. The lowest BCUT2D eigenvalue weighted by molar-refractivity contribution is -0.117. The molecule has 34 heavy (non-hydrogen) atoms. The third-order valence-corrected chi connectivity index (χ3v) is 7.26. The van der Waals surface area contributed by atoms with Gasteiger partial charge in [0.25, 0.3) is 5.91 Å². The monoisotopic (exact) mass is 503 g/mol. The summed E-state index contributed by atoms with van der Waals surface area (Å²) in [7, 11) is -3.71. The molecular formula is C24H26FN3O4S2. The lowest BCUT2D eigenvalue weighted by Crippen LogP contribution is -2.45. The van der Waals surface area contributed by atoms with Crippen LogP contribution in [0.1, 0.15) is 36.0 Å². The third kappa shape index (κ3) is 7.21. The lowest BCUT2D eigenvalue weighted by atomic mass is 10.1. The van der Waals surface area contributed by atoms with Crippen LogP contribution in [0.3, 0.4) is 0 Å². The molecule has 1 atom stereocenters. The van der Waals surface area contributed by atoms with Crippen molar-refractivity contribution in [1.29, 1.82) is 0 Å². The van der Waals surface area contributed by atoms with Crippen molar-refractivity contribution >= 4 is 38.9 Å². The Morgan fingerprint density at radius 2 is 1.65 bits per heavy atom. The third-order valence-electron chi connectivity index (χ3n) is 4.59. The van der Waals surface area contributed by atoms with Crippen LogP contribution in [0, 0.1) is 5.82 Å². The smallest absolute Gasteiger partial charge is 0.251 e. The fraction of sp³-hybridized carbons (Fsp3) is 0.250. The number of hydrogen-bond acceptors (Lipinski definition) is 5. The first-order chi connectivity index (χ1) is 15.9. The molecule has 3 rings (SSSR count). The molecule has 0 aliphatic heterocycles. The number of carbonyl (C=O) groups is 2. The van der Waals surface area contributed by atoms with E-state index in [1.54, 1.807) is 20.8 Å². The second-order valence-electron chi connectivity index (χ2n) is 8.69. The maximum atomic E-state index is 13.2. The van der Waals surface area contributed by atoms with Gasteiger partial charge in [-0.05, 0) is 80.7 Å². The van der Waals surface area contributed by atoms with E-state index in [0.717, 1.165) is 4.88 Å². The Morgan fingerprint density at radius 3 is 2.21 bits per heavy atom. The molecule has 1 heterocycles. The molecular weight excluding hydrogens is 477 g/mol. The van der Waals surface area contributed by atoms with Crippen LogP contribution >= 0.6 is 11.3 Å². The van der Waals surface area contributed by atoms with Crippen molar-refractivity contribution < 1.29 is 22.4 Å². The molecule has 0 saturated carbocycles. The van der Waals surface area contributed by atoms with Gasteiger partial charge in [-0.2, -0.15) is 0 Å². The number of hydrogen-bond donors (Lipinski definition) is 3. The summed E-state index contributed by atoms with van der Waals surface area (Å²) in [6.45, 7) is 5.23. The van der Waals surface area contributed by atoms with E-state index in [0.29, 0.717) is 5.69 Å². The Bertz CT molecular complexity index is 1230. The number of amides is 2. The van der Waals surface area contributed by atoms with Crippen molar-refractivity contribution in [2.75, 3.05) is 5.32 Å². The molecule has 1 unspecified atom stereocenters. The highest BCUT2D eigenvalue weighted by molar-refractivity contribution is 7.89. The van der Waals surface area contributed by atoms with Gasteiger partial charge in [-0.1, -0.05) is 6.07 Å². The van der Waals surface area contributed by atoms with Crippen molar-refractivity contribution in [3.63, 3.8) is 0 Å². The summed E-state index contributed by atoms with van der Waals surface area (Å²) in [5, 5.41) is 7.29. The van der Waals surface area contributed by atoms with Gasteiger partial charge in [0.2, 0.25) is 15.9 Å². The zero-order valence-corrected chi connectivity index (χ0v) is 20.6. The molecule has 0 aliphatic rings. The molecule has 0 fully saturated rings. The number of benzene rings is 2. The Kier molecular flexibility index (Phi) is 7.86. The van der Waals surface area contributed by atoms with E-state index in [4.69, 9.17) is 0 Å². The van der Waals surface area contributed by atoms with E-state index in [1.807, 2.05) is 17.5 Å². The van der Waals surface area contributed by atoms with Crippen LogP contribution in [0.15, 0.2) is 70.9 Å². The Morgan fingerprint density at radius 1 is 1.00 bits per heavy atom. The largest absolute Gasteiger partial charge is 0.340 e. The zero-order valence-electron chi connectivity index (χ0n) is 19.0. The Balaban J connectivity index is 1.74. The first-order valence-electron chi connectivity index (χ1n) is 10.5. The molecule has 0 radical (unpaired) electrons. The summed E-state index contributed by atoms with van der Waals surface area (Å²) in [6, 6.07) is 13.6. The molecule has 3 aromatic rings. The summed E-state index contributed by atoms with van der Waals surface area (Å²) in [6.07, 6.45) is 0.262. The summed E-state index contributed by atoms with van der Waals surface area (Å²) in [4.78, 5) is 26.6. The van der Waals surface area contributed by atoms with Gasteiger partial charge in [-0.25, -0.2) is 17.5 Å². The van der Waals surface area contributed by atoms with Gasteiger partial charge < -0.3 is 10.6 Å². The van der Waals surface area contributed by atoms with Gasteiger partial charge in [-0.15, -0.1) is 11.3 Å². The number of nitrogens with one attached hydrogen (secondary N) is 3. The maximum absolute atomic E-state index is 13.2. The fourth-order valence-electron chi connectivity index (χ4n) is 3.09. The molecule has 0 saturated heterocycles. The highest BCUT2D eigenvalue weighted by Crippen LogP contribution is 2.18. The van der Waals surface area contributed by atoms with Crippen LogP contribution in [0.25, 0.3) is 0 Å². The average Bonchev–Trinajstić information content (AvgIpc) is 3.25. The standard InChI is InChI=1S/C24H26FN3O4S2/c1-24(2,3)28-34(31,32)20-12-10-18(11-13-20)26-23(30)21(15-19-5-4-14-33-19)27-22(29)16-6-8-17(25)9-7-16/h4-14,21,28H,15H2,1-3H3,(H,26,30)(H,27,29). The van der Waals surface area contributed by atoms with Gasteiger partial charge in [-0.3, -0.25) is 9.59 Å². The lowest BCUT2D eigenvalue weighted by Gasteiger charge is -2.20. The molecule has 2 amide bonds. The van der Waals surface area contributed by atoms with Gasteiger partial charge in [0, 0.05) is 28.1 Å². The minimum atomic E-state index is -3.71. The SMILES string of the molecule is CC(C)(C)NS(=O)(=O)c1ccc(NC(=O)C(Cc2cccs2)NC(=O)c2ccc(F)cc2)cc1. The average molecular weight is 504 g/mol. The van der Waals surface area contributed by atoms with E-state index in [-0.39, 0.29) is 16.9 Å². The highest BCUT2D eigenvalue weighted by atomic mass is 32.2.